The lowest BCUT2D eigenvalue weighted by Crippen LogP contribution is -2.46. The summed E-state index contributed by atoms with van der Waals surface area (Å²) in [5, 5.41) is 23.7. The average Bonchev–Trinajstić information content (AvgIpc) is 3.25. The molecule has 0 saturated carbocycles. The molecule has 0 aliphatic rings. The lowest BCUT2D eigenvalue weighted by atomic mass is 10.0. The van der Waals surface area contributed by atoms with Crippen molar-refractivity contribution in [1.29, 1.82) is 0 Å². The van der Waals surface area contributed by atoms with Gasteiger partial charge in [-0.25, -0.2) is 0 Å². The number of esters is 1. The van der Waals surface area contributed by atoms with Gasteiger partial charge in [0.15, 0.2) is 0 Å². The number of carbonyl (C=O) groups is 2. The molecule has 0 saturated heterocycles. The average molecular weight is 854 g/mol. The van der Waals surface area contributed by atoms with E-state index in [0.29, 0.717) is 19.3 Å². The predicted molar refractivity (Wildman–Crippen MR) is 264 cm³/mol. The highest BCUT2D eigenvalue weighted by Crippen LogP contribution is 2.16. The molecule has 0 heterocycles. The minimum Gasteiger partial charge on any atom is -0.461 e. The second kappa shape index (κ2) is 48.6. The molecule has 0 spiro atoms. The van der Waals surface area contributed by atoms with Crippen molar-refractivity contribution in [2.24, 2.45) is 0 Å². The fourth-order valence-electron chi connectivity index (χ4n) is 7.58. The molecule has 0 fully saturated rings. The highest BCUT2D eigenvalue weighted by Gasteiger charge is 2.23. The van der Waals surface area contributed by atoms with E-state index in [0.717, 1.165) is 57.8 Å². The molecule has 3 unspecified atom stereocenters. The number of unbranched alkanes of at least 4 members (excludes halogenated alkanes) is 25. The van der Waals surface area contributed by atoms with Crippen molar-refractivity contribution in [2.45, 2.75) is 270 Å². The van der Waals surface area contributed by atoms with Crippen LogP contribution in [0, 0.1) is 0 Å². The van der Waals surface area contributed by atoms with Crippen molar-refractivity contribution >= 4 is 11.9 Å². The Bertz CT molecular complexity index is 1090. The zero-order chi connectivity index (χ0) is 44.5. The molecule has 0 aromatic carbocycles. The lowest BCUT2D eigenvalue weighted by Gasteiger charge is -2.24. The van der Waals surface area contributed by atoms with Gasteiger partial charge in [0.25, 0.3) is 0 Å². The van der Waals surface area contributed by atoms with Crippen LogP contribution >= 0.6 is 0 Å². The summed E-state index contributed by atoms with van der Waals surface area (Å²) in [7, 11) is 0. The minimum absolute atomic E-state index is 0.000363. The molecule has 0 rings (SSSR count). The maximum absolute atomic E-state index is 13.2. The van der Waals surface area contributed by atoms with Crippen LogP contribution in [-0.4, -0.2) is 46.9 Å². The summed E-state index contributed by atoms with van der Waals surface area (Å²) in [4.78, 5) is 26.1. The number of aliphatic hydroxyl groups excluding tert-OH is 2. The molecule has 0 radical (unpaired) electrons. The lowest BCUT2D eigenvalue weighted by molar-refractivity contribution is -0.150. The fraction of sp³-hybridized carbons (Fsp3) is 0.782. The summed E-state index contributed by atoms with van der Waals surface area (Å²) < 4.78 is 5.87. The van der Waals surface area contributed by atoms with E-state index in [1.54, 1.807) is 0 Å². The van der Waals surface area contributed by atoms with Gasteiger partial charge in [0.2, 0.25) is 5.91 Å². The standard InChI is InChI=1S/C55H99NO5/c1-4-7-10-13-16-19-22-25-27-29-31-34-37-40-43-46-51(61-55(60)48-45-42-39-36-33-30-28-26-23-20-17-14-11-8-5-2)49-54(59)56-52(50-57)53(58)47-44-41-38-35-32-24-21-18-15-12-9-6-3/h16,19-20,23,25,27,31,34,40,43,51-53,57-58H,4-15,17-18,21-22,24,26,28-30,32-33,35-39,41-42,44-50H2,1-3H3,(H,56,59)/b19-16-,23-20-,27-25-,34-31-,43-40-. The van der Waals surface area contributed by atoms with Crippen molar-refractivity contribution < 1.29 is 24.5 Å². The Labute approximate surface area is 378 Å². The number of ether oxygens (including phenoxy) is 1. The zero-order valence-electron chi connectivity index (χ0n) is 40.3. The van der Waals surface area contributed by atoms with Gasteiger partial charge < -0.3 is 20.3 Å². The van der Waals surface area contributed by atoms with Crippen LogP contribution in [-0.2, 0) is 14.3 Å². The second-order valence-electron chi connectivity index (χ2n) is 17.6. The summed E-state index contributed by atoms with van der Waals surface area (Å²) >= 11 is 0. The van der Waals surface area contributed by atoms with Crippen LogP contribution in [0.15, 0.2) is 60.8 Å². The number of rotatable bonds is 46. The number of nitrogens with one attached hydrogen (secondary N) is 1. The highest BCUT2D eigenvalue weighted by atomic mass is 16.5. The Hall–Kier alpha value is -2.44. The normalized spacial score (nSPS) is 13.7. The second-order valence-corrected chi connectivity index (χ2v) is 17.6. The van der Waals surface area contributed by atoms with Crippen molar-refractivity contribution in [3.8, 4) is 0 Å². The molecular formula is C55H99NO5. The van der Waals surface area contributed by atoms with E-state index < -0.39 is 18.2 Å². The Kier molecular flexibility index (Phi) is 46.6. The number of hydrogen-bond acceptors (Lipinski definition) is 5. The molecular weight excluding hydrogens is 755 g/mol. The summed E-state index contributed by atoms with van der Waals surface area (Å²) in [6.07, 6.45) is 60.1. The summed E-state index contributed by atoms with van der Waals surface area (Å²) in [6, 6.07) is -0.732. The van der Waals surface area contributed by atoms with E-state index in [1.807, 2.05) is 6.08 Å². The van der Waals surface area contributed by atoms with Crippen LogP contribution in [0.4, 0.5) is 0 Å². The molecule has 6 nitrogen and oxygen atoms in total. The first-order valence-electron chi connectivity index (χ1n) is 26.0. The quantitative estimate of drug-likeness (QED) is 0.0322. The van der Waals surface area contributed by atoms with E-state index in [4.69, 9.17) is 4.74 Å². The van der Waals surface area contributed by atoms with Crippen LogP contribution in [0.25, 0.3) is 0 Å². The monoisotopic (exact) mass is 854 g/mol. The molecule has 6 heteroatoms. The van der Waals surface area contributed by atoms with Gasteiger partial charge in [-0.15, -0.1) is 0 Å². The number of hydrogen-bond donors (Lipinski definition) is 3. The predicted octanol–water partition coefficient (Wildman–Crippen LogP) is 15.6. The fourth-order valence-corrected chi connectivity index (χ4v) is 7.58. The van der Waals surface area contributed by atoms with Crippen LogP contribution in [0.2, 0.25) is 0 Å². The smallest absolute Gasteiger partial charge is 0.306 e. The molecule has 0 aliphatic heterocycles. The molecule has 0 bridgehead atoms. The van der Waals surface area contributed by atoms with E-state index in [2.05, 4.69) is 80.8 Å². The van der Waals surface area contributed by atoms with Gasteiger partial charge in [-0.05, 0) is 70.6 Å². The van der Waals surface area contributed by atoms with Crippen LogP contribution < -0.4 is 5.32 Å². The van der Waals surface area contributed by atoms with Crippen molar-refractivity contribution in [3.63, 3.8) is 0 Å². The topological polar surface area (TPSA) is 95.9 Å². The van der Waals surface area contributed by atoms with Gasteiger partial charge in [-0.1, -0.05) is 223 Å². The number of aliphatic hydroxyl groups is 2. The molecule has 0 aromatic rings. The first-order valence-corrected chi connectivity index (χ1v) is 26.0. The van der Waals surface area contributed by atoms with Crippen LogP contribution in [0.1, 0.15) is 252 Å². The van der Waals surface area contributed by atoms with E-state index in [1.165, 1.54) is 148 Å². The highest BCUT2D eigenvalue weighted by molar-refractivity contribution is 5.77. The van der Waals surface area contributed by atoms with Gasteiger partial charge in [0.05, 0.1) is 25.2 Å². The van der Waals surface area contributed by atoms with Gasteiger partial charge in [-0.3, -0.25) is 9.59 Å². The van der Waals surface area contributed by atoms with Gasteiger partial charge in [0, 0.05) is 12.8 Å². The van der Waals surface area contributed by atoms with E-state index in [-0.39, 0.29) is 24.9 Å². The summed E-state index contributed by atoms with van der Waals surface area (Å²) in [5.41, 5.74) is 0. The Morgan fingerprint density at radius 2 is 0.869 bits per heavy atom. The third kappa shape index (κ3) is 44.0. The number of carbonyl (C=O) groups excluding carboxylic acids is 2. The summed E-state index contributed by atoms with van der Waals surface area (Å²) in [5.74, 6) is -0.579. The molecule has 61 heavy (non-hydrogen) atoms. The molecule has 0 aromatic heterocycles. The minimum atomic E-state index is -0.812. The first-order chi connectivity index (χ1) is 30.0. The SMILES string of the molecule is CCCCC/C=C\C/C=C\C/C=C\C/C=C\CC(CC(=O)NC(CO)C(O)CCCCCCCCCCCCCC)OC(=O)CCCCCCCCC/C=C\CCCCCC. The third-order valence-electron chi connectivity index (χ3n) is 11.6. The Balaban J connectivity index is 4.72. The van der Waals surface area contributed by atoms with Crippen LogP contribution in [0.3, 0.4) is 0 Å². The maximum Gasteiger partial charge on any atom is 0.306 e. The summed E-state index contributed by atoms with van der Waals surface area (Å²) in [6.45, 7) is 6.41. The molecule has 3 atom stereocenters. The Morgan fingerprint density at radius 1 is 0.492 bits per heavy atom. The number of amides is 1. The number of allylic oxidation sites excluding steroid dienone is 9. The zero-order valence-corrected chi connectivity index (χ0v) is 40.3. The Morgan fingerprint density at radius 3 is 1.38 bits per heavy atom. The third-order valence-corrected chi connectivity index (χ3v) is 11.6. The van der Waals surface area contributed by atoms with Gasteiger partial charge in [-0.2, -0.15) is 0 Å². The largest absolute Gasteiger partial charge is 0.461 e. The van der Waals surface area contributed by atoms with E-state index >= 15 is 0 Å². The first kappa shape index (κ1) is 58.6. The van der Waals surface area contributed by atoms with E-state index in [9.17, 15) is 19.8 Å². The van der Waals surface area contributed by atoms with Crippen molar-refractivity contribution in [2.75, 3.05) is 6.61 Å². The van der Waals surface area contributed by atoms with Crippen LogP contribution in [0.5, 0.6) is 0 Å². The maximum atomic E-state index is 13.2. The van der Waals surface area contributed by atoms with Gasteiger partial charge in [0.1, 0.15) is 6.10 Å². The van der Waals surface area contributed by atoms with Crippen molar-refractivity contribution in [3.05, 3.63) is 60.8 Å². The van der Waals surface area contributed by atoms with Crippen molar-refractivity contribution in [1.82, 2.24) is 5.32 Å². The molecule has 3 N–H and O–H groups in total. The molecule has 0 aliphatic carbocycles. The molecule has 354 valence electrons. The molecule has 1 amide bonds. The van der Waals surface area contributed by atoms with Gasteiger partial charge >= 0.3 is 5.97 Å².